The van der Waals surface area contributed by atoms with Crippen LogP contribution < -0.4 is 5.43 Å². The summed E-state index contributed by atoms with van der Waals surface area (Å²) in [6.07, 6.45) is 0. The summed E-state index contributed by atoms with van der Waals surface area (Å²) in [7, 11) is 0. The molecule has 1 rings (SSSR count). The van der Waals surface area contributed by atoms with Gasteiger partial charge in [-0.1, -0.05) is 11.8 Å². The normalized spacial score (nSPS) is 16.0. The zero-order chi connectivity index (χ0) is 3.54. The van der Waals surface area contributed by atoms with E-state index >= 15 is 0 Å². The Kier molecular flexibility index (Phi) is 3.66. The third kappa shape index (κ3) is 1.67. The number of hydrogen-bond acceptors (Lipinski definition) is 3. The molecule has 0 spiro atoms. The fraction of sp³-hybridized carbons (Fsp3) is 0.500. The van der Waals surface area contributed by atoms with Gasteiger partial charge in [-0.15, -0.1) is 17.0 Å². The lowest BCUT2D eigenvalue weighted by molar-refractivity contribution is 0.897. The minimum absolute atomic E-state index is 0. The quantitative estimate of drug-likeness (QED) is 0.580. The van der Waals surface area contributed by atoms with Gasteiger partial charge in [-0.25, -0.2) is 0 Å². The molecule has 0 fully saturated rings. The van der Waals surface area contributed by atoms with E-state index < -0.39 is 0 Å². The van der Waals surface area contributed by atoms with Crippen molar-refractivity contribution in [3.63, 3.8) is 0 Å². The van der Waals surface area contributed by atoms with Gasteiger partial charge in [-0.05, 0) is 0 Å². The molecule has 0 bridgehead atoms. The van der Waals surface area contributed by atoms with Gasteiger partial charge in [0.05, 0.1) is 11.4 Å². The molecule has 4 heteroatoms. The summed E-state index contributed by atoms with van der Waals surface area (Å²) in [5.41, 5.74) is 4.55. The third-order valence-corrected chi connectivity index (χ3v) is 0.917. The van der Waals surface area contributed by atoms with Gasteiger partial charge in [-0.3, -0.25) is 5.43 Å². The second-order valence-electron chi connectivity index (χ2n) is 0.704. The highest BCUT2D eigenvalue weighted by Crippen LogP contribution is 1.94. The topological polar surface area (TPSA) is 24.4 Å². The molecule has 0 aromatic carbocycles. The van der Waals surface area contributed by atoms with Crippen molar-refractivity contribution in [1.29, 1.82) is 0 Å². The van der Waals surface area contributed by atoms with E-state index in [1.165, 1.54) is 0 Å². The average Bonchev–Trinajstić information content (AvgIpc) is 1.76. The van der Waals surface area contributed by atoms with Crippen LogP contribution in [0.1, 0.15) is 0 Å². The molecular formula is C2H5BrN2S. The van der Waals surface area contributed by atoms with Gasteiger partial charge in [0, 0.05) is 0 Å². The van der Waals surface area contributed by atoms with E-state index in [9.17, 15) is 0 Å². The van der Waals surface area contributed by atoms with Gasteiger partial charge >= 0.3 is 0 Å². The van der Waals surface area contributed by atoms with E-state index in [0.29, 0.717) is 0 Å². The van der Waals surface area contributed by atoms with Gasteiger partial charge < -0.3 is 0 Å². The van der Waals surface area contributed by atoms with Crippen LogP contribution in [0.5, 0.6) is 0 Å². The highest BCUT2D eigenvalue weighted by atomic mass is 79.9. The minimum atomic E-state index is 0. The van der Waals surface area contributed by atoms with Crippen molar-refractivity contribution < 1.29 is 0 Å². The maximum absolute atomic E-state index is 3.67. The maximum Gasteiger partial charge on any atom is 0.0840 e. The Morgan fingerprint density at radius 2 is 2.67 bits per heavy atom. The maximum atomic E-state index is 3.67. The monoisotopic (exact) mass is 168 g/mol. The highest BCUT2D eigenvalue weighted by molar-refractivity contribution is 8.93. The first-order valence-electron chi connectivity index (χ1n) is 1.36. The largest absolute Gasteiger partial charge is 0.299 e. The molecule has 0 saturated heterocycles. The molecule has 0 aromatic heterocycles. The van der Waals surface area contributed by atoms with Crippen LogP contribution in [0.2, 0.25) is 0 Å². The van der Waals surface area contributed by atoms with Gasteiger partial charge in [-0.2, -0.15) is 5.10 Å². The summed E-state index contributed by atoms with van der Waals surface area (Å²) in [6, 6.07) is 0. The average molecular weight is 169 g/mol. The van der Waals surface area contributed by atoms with Crippen molar-refractivity contribution in [2.75, 3.05) is 5.88 Å². The lowest BCUT2D eigenvalue weighted by Crippen LogP contribution is -1.93. The van der Waals surface area contributed by atoms with Crippen LogP contribution in [0.3, 0.4) is 0 Å². The molecule has 1 heterocycles. The Morgan fingerprint density at radius 1 is 1.83 bits per heavy atom. The highest BCUT2D eigenvalue weighted by Gasteiger charge is 1.83. The Morgan fingerprint density at radius 3 is 2.83 bits per heavy atom. The second-order valence-corrected chi connectivity index (χ2v) is 1.54. The van der Waals surface area contributed by atoms with E-state index in [1.54, 1.807) is 17.3 Å². The molecule has 1 aliphatic heterocycles. The van der Waals surface area contributed by atoms with Crippen molar-refractivity contribution in [2.45, 2.75) is 0 Å². The number of nitrogens with zero attached hydrogens (tertiary/aromatic N) is 1. The van der Waals surface area contributed by atoms with Crippen LogP contribution in [0.15, 0.2) is 5.10 Å². The molecule has 0 aromatic rings. The van der Waals surface area contributed by atoms with E-state index in [0.717, 1.165) is 5.88 Å². The molecule has 36 valence electrons. The molecular weight excluding hydrogens is 164 g/mol. The summed E-state index contributed by atoms with van der Waals surface area (Å²) in [6.45, 7) is 0. The molecule has 1 N–H and O–H groups in total. The van der Waals surface area contributed by atoms with Gasteiger partial charge in [0.2, 0.25) is 0 Å². The molecule has 0 saturated carbocycles. The van der Waals surface area contributed by atoms with Crippen molar-refractivity contribution in [3.8, 4) is 0 Å². The Labute approximate surface area is 51.1 Å². The predicted molar refractivity (Wildman–Crippen MR) is 34.4 cm³/mol. The molecule has 0 amide bonds. The van der Waals surface area contributed by atoms with Crippen LogP contribution in [0.25, 0.3) is 0 Å². The van der Waals surface area contributed by atoms with Crippen LogP contribution in [-0.2, 0) is 0 Å². The fourth-order valence-corrected chi connectivity index (χ4v) is 0.559. The molecule has 0 aliphatic carbocycles. The summed E-state index contributed by atoms with van der Waals surface area (Å²) in [5, 5.41) is 3.67. The van der Waals surface area contributed by atoms with Crippen molar-refractivity contribution in [2.24, 2.45) is 5.10 Å². The summed E-state index contributed by atoms with van der Waals surface area (Å²) in [5.74, 6) is 0.944. The van der Waals surface area contributed by atoms with E-state index in [-0.39, 0.29) is 17.0 Å². The summed E-state index contributed by atoms with van der Waals surface area (Å²) < 4.78 is 0. The lowest BCUT2D eigenvalue weighted by Gasteiger charge is -1.75. The van der Waals surface area contributed by atoms with Crippen LogP contribution in [0, 0.1) is 0 Å². The fourth-order valence-electron chi connectivity index (χ4n) is 0.186. The second kappa shape index (κ2) is 3.49. The van der Waals surface area contributed by atoms with Crippen molar-refractivity contribution >= 4 is 34.3 Å². The van der Waals surface area contributed by atoms with E-state index in [2.05, 4.69) is 10.5 Å². The molecule has 0 unspecified atom stereocenters. The molecule has 0 atom stereocenters. The zero-order valence-electron chi connectivity index (χ0n) is 3.05. The van der Waals surface area contributed by atoms with Crippen LogP contribution in [-0.4, -0.2) is 11.4 Å². The molecule has 0 radical (unpaired) electrons. The van der Waals surface area contributed by atoms with Gasteiger partial charge in [0.15, 0.2) is 0 Å². The number of rotatable bonds is 0. The first-order chi connectivity index (χ1) is 2.50. The van der Waals surface area contributed by atoms with E-state index in [4.69, 9.17) is 0 Å². The Balaban J connectivity index is 0.000000250. The first-order valence-corrected chi connectivity index (χ1v) is 2.41. The number of hydrogen-bond donors (Lipinski definition) is 1. The zero-order valence-corrected chi connectivity index (χ0v) is 5.58. The smallest absolute Gasteiger partial charge is 0.0840 e. The molecule has 2 nitrogen and oxygen atoms in total. The summed E-state index contributed by atoms with van der Waals surface area (Å²) in [4.78, 5) is 0. The Bertz CT molecular complexity index is 49.5. The lowest BCUT2D eigenvalue weighted by atomic mass is 11.5. The Hall–Kier alpha value is 0.300. The van der Waals surface area contributed by atoms with Crippen molar-refractivity contribution in [3.05, 3.63) is 0 Å². The predicted octanol–water partition coefficient (Wildman–Crippen LogP) is 0.801. The minimum Gasteiger partial charge on any atom is -0.299 e. The van der Waals surface area contributed by atoms with Gasteiger partial charge in [0.25, 0.3) is 0 Å². The van der Waals surface area contributed by atoms with E-state index in [1.807, 2.05) is 0 Å². The van der Waals surface area contributed by atoms with Crippen molar-refractivity contribution in [1.82, 2.24) is 5.43 Å². The number of hydrazone groups is 1. The summed E-state index contributed by atoms with van der Waals surface area (Å²) >= 11 is 1.67. The number of thioether (sulfide) groups is 1. The standard InChI is InChI=1S/C2H4N2S.BrH/c1-3-4-2-5-1;/h1,4H,2H2;1H. The van der Waals surface area contributed by atoms with Crippen LogP contribution in [0.4, 0.5) is 0 Å². The first kappa shape index (κ1) is 6.30. The third-order valence-electron chi connectivity index (χ3n) is 0.366. The molecule has 6 heavy (non-hydrogen) atoms. The number of halogens is 1. The molecule has 1 aliphatic rings. The van der Waals surface area contributed by atoms with Gasteiger partial charge in [0.1, 0.15) is 0 Å². The number of nitrogens with one attached hydrogen (secondary N) is 1. The SMILES string of the molecule is Br.C1=NNCS1. The van der Waals surface area contributed by atoms with Crippen LogP contribution >= 0.6 is 28.7 Å².